The Hall–Kier alpha value is -1.79. The second-order valence-electron chi connectivity index (χ2n) is 4.20. The molecule has 96 valence electrons. The molecule has 1 fully saturated rings. The molecule has 0 saturated carbocycles. The van der Waals surface area contributed by atoms with Crippen molar-refractivity contribution in [2.24, 2.45) is 11.7 Å². The molecule has 3 N–H and O–H groups in total. The fraction of sp³-hybridized carbons (Fsp3) is 0.700. The number of carboxylic acids is 1. The number of carbonyl (C=O) groups excluding carboxylic acids is 2. The number of piperidine rings is 1. The molecule has 1 aliphatic rings. The fourth-order valence-electron chi connectivity index (χ4n) is 1.86. The van der Waals surface area contributed by atoms with Crippen molar-refractivity contribution >= 4 is 17.9 Å². The van der Waals surface area contributed by atoms with Crippen LogP contribution >= 0.6 is 0 Å². The number of likely N-dealkylation sites (N-methyl/N-ethyl adjacent to an activating group) is 1. The Morgan fingerprint density at radius 3 is 2.29 bits per heavy atom. The molecule has 0 spiro atoms. The molecule has 3 amide bonds. The highest BCUT2D eigenvalue weighted by molar-refractivity contribution is 5.83. The quantitative estimate of drug-likeness (QED) is 0.685. The molecule has 17 heavy (non-hydrogen) atoms. The van der Waals surface area contributed by atoms with Gasteiger partial charge in [-0.2, -0.15) is 0 Å². The third kappa shape index (κ3) is 3.61. The number of carbonyl (C=O) groups is 3. The van der Waals surface area contributed by atoms with Crippen LogP contribution in [0.3, 0.4) is 0 Å². The normalized spacial score (nSPS) is 16.6. The second-order valence-corrected chi connectivity index (χ2v) is 4.20. The summed E-state index contributed by atoms with van der Waals surface area (Å²) in [5, 5.41) is 8.82. The van der Waals surface area contributed by atoms with Gasteiger partial charge in [0.2, 0.25) is 5.91 Å². The maximum absolute atomic E-state index is 11.8. The smallest absolute Gasteiger partial charge is 0.320 e. The highest BCUT2D eigenvalue weighted by Gasteiger charge is 2.28. The molecule has 7 heteroatoms. The van der Waals surface area contributed by atoms with Gasteiger partial charge in [-0.3, -0.25) is 9.59 Å². The maximum atomic E-state index is 11.8. The van der Waals surface area contributed by atoms with E-state index in [1.807, 2.05) is 0 Å². The minimum atomic E-state index is -0.817. The van der Waals surface area contributed by atoms with E-state index in [9.17, 15) is 14.4 Å². The van der Waals surface area contributed by atoms with Gasteiger partial charge in [-0.1, -0.05) is 0 Å². The Balaban J connectivity index is 2.45. The molecule has 0 aromatic carbocycles. The summed E-state index contributed by atoms with van der Waals surface area (Å²) in [5.74, 6) is -1.76. The summed E-state index contributed by atoms with van der Waals surface area (Å²) in [7, 11) is 1.50. The highest BCUT2D eigenvalue weighted by atomic mass is 16.4. The molecule has 0 bridgehead atoms. The number of nitrogens with two attached hydrogens (primary N) is 1. The highest BCUT2D eigenvalue weighted by Crippen LogP contribution is 2.18. The van der Waals surface area contributed by atoms with Gasteiger partial charge < -0.3 is 20.6 Å². The van der Waals surface area contributed by atoms with Crippen molar-refractivity contribution in [2.75, 3.05) is 26.7 Å². The van der Waals surface area contributed by atoms with Crippen molar-refractivity contribution < 1.29 is 19.5 Å². The van der Waals surface area contributed by atoms with E-state index >= 15 is 0 Å². The fourth-order valence-corrected chi connectivity index (χ4v) is 1.86. The largest absolute Gasteiger partial charge is 0.481 e. The lowest BCUT2D eigenvalue weighted by molar-refractivity contribution is -0.143. The molecule has 0 aliphatic carbocycles. The molecule has 0 atom stereocenters. The molecular weight excluding hydrogens is 226 g/mol. The Morgan fingerprint density at radius 1 is 1.35 bits per heavy atom. The summed E-state index contributed by atoms with van der Waals surface area (Å²) >= 11 is 0. The number of primary amides is 1. The van der Waals surface area contributed by atoms with Crippen LogP contribution in [-0.4, -0.2) is 59.5 Å². The standard InChI is InChI=1S/C10H17N3O4/c1-12(6-8(11)14)10(17)13-4-2-7(3-5-13)9(15)16/h7H,2-6H2,1H3,(H2,11,14)(H,15,16). The SMILES string of the molecule is CN(CC(N)=O)C(=O)N1CCC(C(=O)O)CC1. The zero-order chi connectivity index (χ0) is 13.0. The first-order valence-corrected chi connectivity index (χ1v) is 5.43. The van der Waals surface area contributed by atoms with Crippen LogP contribution in [-0.2, 0) is 9.59 Å². The van der Waals surface area contributed by atoms with Crippen LogP contribution in [0.25, 0.3) is 0 Å². The van der Waals surface area contributed by atoms with Crippen LogP contribution in [0.1, 0.15) is 12.8 Å². The van der Waals surface area contributed by atoms with Gasteiger partial charge in [0, 0.05) is 20.1 Å². The van der Waals surface area contributed by atoms with Gasteiger partial charge >= 0.3 is 12.0 Å². The van der Waals surface area contributed by atoms with E-state index in [2.05, 4.69) is 0 Å². The lowest BCUT2D eigenvalue weighted by atomic mass is 9.97. The number of rotatable bonds is 3. The van der Waals surface area contributed by atoms with Gasteiger partial charge in [0.25, 0.3) is 0 Å². The molecule has 0 unspecified atom stereocenters. The average molecular weight is 243 g/mol. The molecule has 0 radical (unpaired) electrons. The lowest BCUT2D eigenvalue weighted by Gasteiger charge is -2.32. The van der Waals surface area contributed by atoms with E-state index in [-0.39, 0.29) is 18.5 Å². The average Bonchev–Trinajstić information content (AvgIpc) is 2.27. The van der Waals surface area contributed by atoms with E-state index in [4.69, 9.17) is 10.8 Å². The summed E-state index contributed by atoms with van der Waals surface area (Å²) in [6, 6.07) is -0.285. The van der Waals surface area contributed by atoms with Crippen LogP contribution in [0.2, 0.25) is 0 Å². The summed E-state index contributed by atoms with van der Waals surface area (Å²) in [6.07, 6.45) is 0.900. The summed E-state index contributed by atoms with van der Waals surface area (Å²) in [4.78, 5) is 36.0. The number of urea groups is 1. The van der Waals surface area contributed by atoms with Crippen molar-refractivity contribution in [3.63, 3.8) is 0 Å². The zero-order valence-electron chi connectivity index (χ0n) is 9.76. The number of aliphatic carboxylic acids is 1. The zero-order valence-corrected chi connectivity index (χ0v) is 9.76. The number of carboxylic acid groups (broad SMARTS) is 1. The molecule has 1 saturated heterocycles. The monoisotopic (exact) mass is 243 g/mol. The predicted octanol–water partition coefficient (Wildman–Crippen LogP) is -0.680. The molecule has 1 rings (SSSR count). The predicted molar refractivity (Wildman–Crippen MR) is 59.2 cm³/mol. The van der Waals surface area contributed by atoms with Gasteiger partial charge in [0.1, 0.15) is 6.54 Å². The lowest BCUT2D eigenvalue weighted by Crippen LogP contribution is -2.48. The number of likely N-dealkylation sites (tertiary alicyclic amines) is 1. The van der Waals surface area contributed by atoms with E-state index in [1.165, 1.54) is 11.9 Å². The Labute approximate surface area is 99.2 Å². The van der Waals surface area contributed by atoms with Gasteiger partial charge in [0.05, 0.1) is 5.92 Å². The number of hydrogen-bond donors (Lipinski definition) is 2. The third-order valence-electron chi connectivity index (χ3n) is 2.83. The Bertz CT molecular complexity index is 324. The molecule has 1 heterocycles. The van der Waals surface area contributed by atoms with Crippen molar-refractivity contribution in [1.29, 1.82) is 0 Å². The van der Waals surface area contributed by atoms with Crippen molar-refractivity contribution in [3.8, 4) is 0 Å². The summed E-state index contributed by atoms with van der Waals surface area (Å²) < 4.78 is 0. The Kier molecular flexibility index (Phi) is 4.30. The molecule has 7 nitrogen and oxygen atoms in total. The maximum Gasteiger partial charge on any atom is 0.320 e. The van der Waals surface area contributed by atoms with Gasteiger partial charge in [-0.05, 0) is 12.8 Å². The van der Waals surface area contributed by atoms with E-state index < -0.39 is 11.9 Å². The number of amides is 3. The molecular formula is C10H17N3O4. The van der Waals surface area contributed by atoms with Crippen LogP contribution in [0.4, 0.5) is 4.79 Å². The molecule has 0 aromatic heterocycles. The van der Waals surface area contributed by atoms with Gasteiger partial charge in [-0.25, -0.2) is 4.79 Å². The van der Waals surface area contributed by atoms with Crippen LogP contribution < -0.4 is 5.73 Å². The van der Waals surface area contributed by atoms with E-state index in [0.29, 0.717) is 25.9 Å². The topological polar surface area (TPSA) is 104 Å². The first-order chi connectivity index (χ1) is 7.91. The van der Waals surface area contributed by atoms with Crippen LogP contribution in [0.5, 0.6) is 0 Å². The molecule has 0 aromatic rings. The Morgan fingerprint density at radius 2 is 1.88 bits per heavy atom. The minimum Gasteiger partial charge on any atom is -0.481 e. The number of nitrogens with zero attached hydrogens (tertiary/aromatic N) is 2. The summed E-state index contributed by atoms with van der Waals surface area (Å²) in [5.41, 5.74) is 4.99. The summed E-state index contributed by atoms with van der Waals surface area (Å²) in [6.45, 7) is 0.676. The minimum absolute atomic E-state index is 0.127. The van der Waals surface area contributed by atoms with E-state index in [0.717, 1.165) is 0 Å². The van der Waals surface area contributed by atoms with Crippen molar-refractivity contribution in [3.05, 3.63) is 0 Å². The third-order valence-corrected chi connectivity index (χ3v) is 2.83. The van der Waals surface area contributed by atoms with Crippen molar-refractivity contribution in [2.45, 2.75) is 12.8 Å². The van der Waals surface area contributed by atoms with Gasteiger partial charge in [-0.15, -0.1) is 0 Å². The second kappa shape index (κ2) is 5.51. The van der Waals surface area contributed by atoms with Crippen molar-refractivity contribution in [1.82, 2.24) is 9.80 Å². The first-order valence-electron chi connectivity index (χ1n) is 5.43. The van der Waals surface area contributed by atoms with Crippen LogP contribution in [0.15, 0.2) is 0 Å². The first kappa shape index (κ1) is 13.3. The van der Waals surface area contributed by atoms with Crippen LogP contribution in [0, 0.1) is 5.92 Å². The molecule has 1 aliphatic heterocycles. The number of hydrogen-bond acceptors (Lipinski definition) is 3. The van der Waals surface area contributed by atoms with Gasteiger partial charge in [0.15, 0.2) is 0 Å². The van der Waals surface area contributed by atoms with E-state index in [1.54, 1.807) is 4.90 Å².